The van der Waals surface area contributed by atoms with Crippen molar-refractivity contribution in [3.63, 3.8) is 0 Å². The molecular formula is C30H29ClN2O6S. The lowest BCUT2D eigenvalue weighted by Gasteiger charge is -2.15. The molecule has 8 nitrogen and oxygen atoms in total. The molecule has 1 aliphatic heterocycles. The van der Waals surface area contributed by atoms with Crippen molar-refractivity contribution in [2.45, 2.75) is 27.4 Å². The minimum absolute atomic E-state index is 0.172. The quantitative estimate of drug-likeness (QED) is 0.252. The maximum atomic E-state index is 13.0. The zero-order valence-corrected chi connectivity index (χ0v) is 23.9. The van der Waals surface area contributed by atoms with E-state index in [-0.39, 0.29) is 4.91 Å². The molecule has 1 saturated heterocycles. The molecule has 40 heavy (non-hydrogen) atoms. The molecule has 1 heterocycles. The fourth-order valence-corrected chi connectivity index (χ4v) is 4.96. The molecule has 0 radical (unpaired) electrons. The van der Waals surface area contributed by atoms with Gasteiger partial charge in [-0.05, 0) is 86.1 Å². The van der Waals surface area contributed by atoms with Crippen molar-refractivity contribution in [1.29, 1.82) is 0 Å². The van der Waals surface area contributed by atoms with Gasteiger partial charge in [-0.15, -0.1) is 0 Å². The third-order valence-corrected chi connectivity index (χ3v) is 6.95. The van der Waals surface area contributed by atoms with Crippen LogP contribution >= 0.6 is 23.4 Å². The SMILES string of the molecule is CCOc1ccc(NC(=O)CN2C(=O)S/C(=C/c3cc(Cl)c(OCc4ccc(C)cc4)c(OCC)c3)C2=O)cc1. The molecule has 1 N–H and O–H groups in total. The lowest BCUT2D eigenvalue weighted by Crippen LogP contribution is -2.36. The van der Waals surface area contributed by atoms with Crippen LogP contribution < -0.4 is 19.5 Å². The van der Waals surface area contributed by atoms with E-state index >= 15 is 0 Å². The molecule has 0 bridgehead atoms. The summed E-state index contributed by atoms with van der Waals surface area (Å²) in [5.41, 5.74) is 3.21. The first-order valence-electron chi connectivity index (χ1n) is 12.7. The Morgan fingerprint density at radius 1 is 0.975 bits per heavy atom. The van der Waals surface area contributed by atoms with Crippen molar-refractivity contribution in [1.82, 2.24) is 4.90 Å². The second kappa shape index (κ2) is 13.4. The molecule has 0 spiro atoms. The second-order valence-corrected chi connectivity index (χ2v) is 10.2. The second-order valence-electron chi connectivity index (χ2n) is 8.81. The summed E-state index contributed by atoms with van der Waals surface area (Å²) in [4.78, 5) is 39.2. The van der Waals surface area contributed by atoms with Gasteiger partial charge in [-0.1, -0.05) is 41.4 Å². The van der Waals surface area contributed by atoms with Crippen molar-refractivity contribution in [2.24, 2.45) is 0 Å². The predicted molar refractivity (Wildman–Crippen MR) is 157 cm³/mol. The summed E-state index contributed by atoms with van der Waals surface area (Å²) in [6.07, 6.45) is 1.55. The number of nitrogens with zero attached hydrogens (tertiary/aromatic N) is 1. The highest BCUT2D eigenvalue weighted by molar-refractivity contribution is 8.18. The Kier molecular flexibility index (Phi) is 9.74. The molecule has 1 fully saturated rings. The maximum Gasteiger partial charge on any atom is 0.294 e. The minimum Gasteiger partial charge on any atom is -0.494 e. The Bertz CT molecular complexity index is 1420. The van der Waals surface area contributed by atoms with Crippen LogP contribution in [-0.2, 0) is 16.2 Å². The molecule has 3 amide bonds. The lowest BCUT2D eigenvalue weighted by atomic mass is 10.1. The average molecular weight is 581 g/mol. The van der Waals surface area contributed by atoms with E-state index in [9.17, 15) is 14.4 Å². The van der Waals surface area contributed by atoms with Gasteiger partial charge in [-0.3, -0.25) is 19.3 Å². The van der Waals surface area contributed by atoms with E-state index in [1.54, 1.807) is 42.5 Å². The number of carbonyl (C=O) groups excluding carboxylic acids is 3. The Labute approximate surface area is 242 Å². The summed E-state index contributed by atoms with van der Waals surface area (Å²) in [7, 11) is 0. The Morgan fingerprint density at radius 3 is 2.35 bits per heavy atom. The molecule has 0 saturated carbocycles. The van der Waals surface area contributed by atoms with Gasteiger partial charge in [0.05, 0.1) is 23.1 Å². The zero-order chi connectivity index (χ0) is 28.6. The zero-order valence-electron chi connectivity index (χ0n) is 22.4. The molecule has 0 unspecified atom stereocenters. The molecular weight excluding hydrogens is 552 g/mol. The van der Waals surface area contributed by atoms with Gasteiger partial charge in [0.25, 0.3) is 11.1 Å². The summed E-state index contributed by atoms with van der Waals surface area (Å²) in [6.45, 7) is 6.53. The third-order valence-electron chi connectivity index (χ3n) is 5.76. The predicted octanol–water partition coefficient (Wildman–Crippen LogP) is 6.70. The van der Waals surface area contributed by atoms with E-state index in [0.717, 1.165) is 27.8 Å². The van der Waals surface area contributed by atoms with Crippen molar-refractivity contribution in [3.05, 3.63) is 87.3 Å². The van der Waals surface area contributed by atoms with E-state index in [1.165, 1.54) is 0 Å². The van der Waals surface area contributed by atoms with Gasteiger partial charge < -0.3 is 19.5 Å². The van der Waals surface area contributed by atoms with Crippen LogP contribution in [-0.4, -0.2) is 41.7 Å². The van der Waals surface area contributed by atoms with Crippen LogP contribution in [0.4, 0.5) is 10.5 Å². The number of benzene rings is 3. The van der Waals surface area contributed by atoms with Crippen LogP contribution in [0.25, 0.3) is 6.08 Å². The van der Waals surface area contributed by atoms with E-state index in [0.29, 0.717) is 53.3 Å². The highest BCUT2D eigenvalue weighted by atomic mass is 35.5. The third kappa shape index (κ3) is 7.37. The number of anilines is 1. The fourth-order valence-electron chi connectivity index (χ4n) is 3.85. The van der Waals surface area contributed by atoms with Gasteiger partial charge >= 0.3 is 0 Å². The highest BCUT2D eigenvalue weighted by Crippen LogP contribution is 2.39. The van der Waals surface area contributed by atoms with Gasteiger partial charge in [0.15, 0.2) is 11.5 Å². The topological polar surface area (TPSA) is 94.2 Å². The number of nitrogens with one attached hydrogen (secondary N) is 1. The summed E-state index contributed by atoms with van der Waals surface area (Å²) >= 11 is 7.31. The molecule has 3 aromatic rings. The molecule has 1 aliphatic rings. The summed E-state index contributed by atoms with van der Waals surface area (Å²) in [5.74, 6) is 0.424. The first kappa shape index (κ1) is 29.0. The molecule has 4 rings (SSSR count). The molecule has 0 atom stereocenters. The smallest absolute Gasteiger partial charge is 0.294 e. The summed E-state index contributed by atoms with van der Waals surface area (Å²) in [6, 6.07) is 18.1. The normalized spacial score (nSPS) is 14.0. The number of thioether (sulfide) groups is 1. The Morgan fingerprint density at radius 2 is 1.68 bits per heavy atom. The Hall–Kier alpha value is -3.95. The summed E-state index contributed by atoms with van der Waals surface area (Å²) < 4.78 is 17.1. The van der Waals surface area contributed by atoms with Crippen LogP contribution in [0.5, 0.6) is 17.2 Å². The van der Waals surface area contributed by atoms with Crippen molar-refractivity contribution in [3.8, 4) is 17.2 Å². The van der Waals surface area contributed by atoms with Crippen LogP contribution in [0.1, 0.15) is 30.5 Å². The summed E-state index contributed by atoms with van der Waals surface area (Å²) in [5, 5.41) is 2.46. The van der Waals surface area contributed by atoms with E-state index in [4.69, 9.17) is 25.8 Å². The molecule has 0 aliphatic carbocycles. The van der Waals surface area contributed by atoms with Crippen molar-refractivity contribution >= 4 is 52.2 Å². The van der Waals surface area contributed by atoms with E-state index < -0.39 is 23.6 Å². The number of imide groups is 1. The van der Waals surface area contributed by atoms with Gasteiger partial charge in [0.1, 0.15) is 18.9 Å². The van der Waals surface area contributed by atoms with Gasteiger partial charge in [-0.2, -0.15) is 0 Å². The monoisotopic (exact) mass is 580 g/mol. The van der Waals surface area contributed by atoms with E-state index in [1.807, 2.05) is 45.0 Å². The largest absolute Gasteiger partial charge is 0.494 e. The lowest BCUT2D eigenvalue weighted by molar-refractivity contribution is -0.127. The number of amides is 3. The Balaban J connectivity index is 1.45. The number of hydrogen-bond donors (Lipinski definition) is 1. The first-order chi connectivity index (χ1) is 19.3. The number of carbonyl (C=O) groups is 3. The van der Waals surface area contributed by atoms with Crippen LogP contribution in [0.15, 0.2) is 65.6 Å². The van der Waals surface area contributed by atoms with Crippen LogP contribution in [0.2, 0.25) is 5.02 Å². The van der Waals surface area contributed by atoms with Gasteiger partial charge in [0, 0.05) is 5.69 Å². The highest BCUT2D eigenvalue weighted by Gasteiger charge is 2.36. The number of ether oxygens (including phenoxy) is 3. The number of hydrogen-bond acceptors (Lipinski definition) is 7. The van der Waals surface area contributed by atoms with Crippen molar-refractivity contribution < 1.29 is 28.6 Å². The first-order valence-corrected chi connectivity index (χ1v) is 13.9. The van der Waals surface area contributed by atoms with Crippen LogP contribution in [0, 0.1) is 6.92 Å². The maximum absolute atomic E-state index is 13.0. The molecule has 10 heteroatoms. The molecule has 3 aromatic carbocycles. The standard InChI is InChI=1S/C30H29ClN2O6S/c1-4-37-23-12-10-22(11-13-23)32-27(34)17-33-29(35)26(40-30(33)36)16-21-14-24(31)28(25(15-21)38-5-2)39-18-20-8-6-19(3)7-9-20/h6-16H,4-5,17-18H2,1-3H3,(H,32,34)/b26-16+. The number of halogens is 1. The van der Waals surface area contributed by atoms with E-state index in [2.05, 4.69) is 5.32 Å². The fraction of sp³-hybridized carbons (Fsp3) is 0.233. The number of aryl methyl sites for hydroxylation is 1. The van der Waals surface area contributed by atoms with Crippen molar-refractivity contribution in [2.75, 3.05) is 25.1 Å². The minimum atomic E-state index is -0.564. The number of rotatable bonds is 11. The molecule has 208 valence electrons. The average Bonchev–Trinajstić information content (AvgIpc) is 3.18. The van der Waals surface area contributed by atoms with Crippen LogP contribution in [0.3, 0.4) is 0 Å². The molecule has 0 aromatic heterocycles. The van der Waals surface area contributed by atoms with Gasteiger partial charge in [0.2, 0.25) is 5.91 Å². The van der Waals surface area contributed by atoms with Gasteiger partial charge in [-0.25, -0.2) is 0 Å².